The van der Waals surface area contributed by atoms with Gasteiger partial charge in [-0.15, -0.1) is 11.3 Å². The first kappa shape index (κ1) is 18.9. The van der Waals surface area contributed by atoms with Crippen LogP contribution in [0.1, 0.15) is 28.7 Å². The average Bonchev–Trinajstić information content (AvgIpc) is 3.43. The molecule has 0 unspecified atom stereocenters. The lowest BCUT2D eigenvalue weighted by Gasteiger charge is -2.23. The molecule has 0 N–H and O–H groups in total. The topological polar surface area (TPSA) is 49.1 Å². The van der Waals surface area contributed by atoms with E-state index in [1.165, 1.54) is 4.88 Å². The van der Waals surface area contributed by atoms with Gasteiger partial charge >= 0.3 is 0 Å². The molecule has 3 aromatic rings. The van der Waals surface area contributed by atoms with Crippen molar-refractivity contribution < 1.29 is 9.21 Å². The molecule has 0 aliphatic carbocycles. The van der Waals surface area contributed by atoms with Gasteiger partial charge in [0.15, 0.2) is 0 Å². The summed E-state index contributed by atoms with van der Waals surface area (Å²) in [4.78, 5) is 16.3. The number of carbonyl (C=O) groups excluding carboxylic acids is 1. The number of carbonyl (C=O) groups is 1. The van der Waals surface area contributed by atoms with E-state index in [0.717, 1.165) is 23.6 Å². The Balaban J connectivity index is 1.53. The lowest BCUT2D eigenvalue weighted by molar-refractivity contribution is -0.134. The normalized spacial score (nSPS) is 16.6. The van der Waals surface area contributed by atoms with Gasteiger partial charge in [0.1, 0.15) is 11.8 Å². The van der Waals surface area contributed by atoms with Gasteiger partial charge in [-0.25, -0.2) is 5.01 Å². The number of furan rings is 1. The Labute approximate surface area is 172 Å². The third-order valence-electron chi connectivity index (χ3n) is 4.63. The SMILES string of the molecule is CN(CC(=O)N1N=C(c2ccc(Cl)cc2)C[C@@H]1c1ccco1)Cc1cccs1. The summed E-state index contributed by atoms with van der Waals surface area (Å²) in [6.07, 6.45) is 2.23. The largest absolute Gasteiger partial charge is 0.467 e. The number of likely N-dealkylation sites (N-methyl/N-ethyl adjacent to an activating group) is 1. The molecular formula is C21H20ClN3O2S. The second-order valence-corrected chi connectivity index (χ2v) is 8.25. The lowest BCUT2D eigenvalue weighted by Crippen LogP contribution is -2.36. The number of nitrogens with zero attached hydrogens (tertiary/aromatic N) is 3. The van der Waals surface area contributed by atoms with Gasteiger partial charge < -0.3 is 4.42 Å². The van der Waals surface area contributed by atoms with Crippen molar-refractivity contribution in [2.75, 3.05) is 13.6 Å². The molecule has 5 nitrogen and oxygen atoms in total. The zero-order chi connectivity index (χ0) is 19.5. The highest BCUT2D eigenvalue weighted by molar-refractivity contribution is 7.09. The van der Waals surface area contributed by atoms with Gasteiger partial charge in [-0.3, -0.25) is 9.69 Å². The molecule has 0 bridgehead atoms. The molecule has 1 aliphatic rings. The maximum absolute atomic E-state index is 13.0. The number of halogens is 1. The quantitative estimate of drug-likeness (QED) is 0.583. The first-order chi connectivity index (χ1) is 13.6. The first-order valence-electron chi connectivity index (χ1n) is 9.00. The summed E-state index contributed by atoms with van der Waals surface area (Å²) < 4.78 is 5.59. The molecule has 1 aliphatic heterocycles. The van der Waals surface area contributed by atoms with Gasteiger partial charge in [0.2, 0.25) is 0 Å². The van der Waals surface area contributed by atoms with E-state index in [4.69, 9.17) is 16.0 Å². The Kier molecular flexibility index (Phi) is 5.62. The molecule has 1 amide bonds. The molecule has 28 heavy (non-hydrogen) atoms. The van der Waals surface area contributed by atoms with Crippen LogP contribution in [0.5, 0.6) is 0 Å². The minimum absolute atomic E-state index is 0.0515. The van der Waals surface area contributed by atoms with Crippen molar-refractivity contribution in [1.29, 1.82) is 0 Å². The smallest absolute Gasteiger partial charge is 0.257 e. The minimum atomic E-state index is -0.233. The fourth-order valence-electron chi connectivity index (χ4n) is 3.29. The fourth-order valence-corrected chi connectivity index (χ4v) is 4.20. The van der Waals surface area contributed by atoms with Crippen molar-refractivity contribution in [2.45, 2.75) is 19.0 Å². The van der Waals surface area contributed by atoms with Crippen LogP contribution < -0.4 is 0 Å². The first-order valence-corrected chi connectivity index (χ1v) is 10.3. The number of hydrogen-bond donors (Lipinski definition) is 0. The predicted molar refractivity (Wildman–Crippen MR) is 112 cm³/mol. The second kappa shape index (κ2) is 8.31. The van der Waals surface area contributed by atoms with Gasteiger partial charge in [0, 0.05) is 22.9 Å². The fraction of sp³-hybridized carbons (Fsp3) is 0.238. The highest BCUT2D eigenvalue weighted by Gasteiger charge is 2.35. The van der Waals surface area contributed by atoms with E-state index in [1.807, 2.05) is 59.8 Å². The summed E-state index contributed by atoms with van der Waals surface area (Å²) in [5, 5.41) is 8.93. The van der Waals surface area contributed by atoms with Gasteiger partial charge in [-0.05, 0) is 48.3 Å². The van der Waals surface area contributed by atoms with Crippen LogP contribution in [0.25, 0.3) is 0 Å². The third-order valence-corrected chi connectivity index (χ3v) is 5.74. The Morgan fingerprint density at radius 3 is 2.79 bits per heavy atom. The molecular weight excluding hydrogens is 394 g/mol. The number of hydrazone groups is 1. The highest BCUT2D eigenvalue weighted by Crippen LogP contribution is 2.33. The van der Waals surface area contributed by atoms with E-state index >= 15 is 0 Å². The Bertz CT molecular complexity index is 952. The van der Waals surface area contributed by atoms with Crippen LogP contribution >= 0.6 is 22.9 Å². The summed E-state index contributed by atoms with van der Waals surface area (Å²) in [6.45, 7) is 1.02. The molecule has 1 aromatic carbocycles. The molecule has 0 fully saturated rings. The van der Waals surface area contributed by atoms with Crippen molar-refractivity contribution in [2.24, 2.45) is 5.10 Å². The van der Waals surface area contributed by atoms with Crippen LogP contribution in [-0.4, -0.2) is 35.1 Å². The summed E-state index contributed by atoms with van der Waals surface area (Å²) in [7, 11) is 1.94. The van der Waals surface area contributed by atoms with Crippen molar-refractivity contribution in [1.82, 2.24) is 9.91 Å². The van der Waals surface area contributed by atoms with Gasteiger partial charge in [0.25, 0.3) is 5.91 Å². The van der Waals surface area contributed by atoms with E-state index in [9.17, 15) is 4.79 Å². The number of benzene rings is 1. The van der Waals surface area contributed by atoms with Gasteiger partial charge in [-0.2, -0.15) is 5.10 Å². The Morgan fingerprint density at radius 2 is 2.11 bits per heavy atom. The summed E-state index contributed by atoms with van der Waals surface area (Å²) in [6, 6.07) is 15.1. The molecule has 4 rings (SSSR count). The maximum atomic E-state index is 13.0. The van der Waals surface area contributed by atoms with Crippen LogP contribution in [0, 0.1) is 0 Å². The van der Waals surface area contributed by atoms with Crippen LogP contribution in [0.4, 0.5) is 0 Å². The zero-order valence-electron chi connectivity index (χ0n) is 15.4. The van der Waals surface area contributed by atoms with Crippen LogP contribution in [0.15, 0.2) is 69.7 Å². The van der Waals surface area contributed by atoms with Gasteiger partial charge in [-0.1, -0.05) is 29.8 Å². The second-order valence-electron chi connectivity index (χ2n) is 6.78. The lowest BCUT2D eigenvalue weighted by atomic mass is 10.0. The standard InChI is InChI=1S/C21H20ClN3O2S/c1-24(13-17-4-3-11-28-17)14-21(26)25-19(20-5-2-10-27-20)12-18(23-25)15-6-8-16(22)9-7-15/h2-11,19H,12-14H2,1H3/t19-/m1/s1. The third kappa shape index (κ3) is 4.19. The maximum Gasteiger partial charge on any atom is 0.257 e. The zero-order valence-corrected chi connectivity index (χ0v) is 17.0. The Hall–Kier alpha value is -2.41. The van der Waals surface area contributed by atoms with E-state index in [-0.39, 0.29) is 18.5 Å². The number of amides is 1. The van der Waals surface area contributed by atoms with E-state index in [0.29, 0.717) is 11.4 Å². The highest BCUT2D eigenvalue weighted by atomic mass is 35.5. The van der Waals surface area contributed by atoms with E-state index < -0.39 is 0 Å². The summed E-state index contributed by atoms with van der Waals surface area (Å²) in [5.41, 5.74) is 1.82. The number of rotatable bonds is 6. The van der Waals surface area contributed by atoms with Crippen LogP contribution in [0.3, 0.4) is 0 Å². The monoisotopic (exact) mass is 413 g/mol. The van der Waals surface area contributed by atoms with Crippen molar-refractivity contribution >= 4 is 34.6 Å². The minimum Gasteiger partial charge on any atom is -0.467 e. The van der Waals surface area contributed by atoms with Crippen LogP contribution in [-0.2, 0) is 11.3 Å². The molecule has 7 heteroatoms. The molecule has 0 radical (unpaired) electrons. The van der Waals surface area contributed by atoms with Crippen molar-refractivity contribution in [3.8, 4) is 0 Å². The molecule has 0 saturated carbocycles. The summed E-state index contributed by atoms with van der Waals surface area (Å²) in [5.74, 6) is 0.686. The molecule has 1 atom stereocenters. The van der Waals surface area contributed by atoms with Crippen molar-refractivity contribution in [3.05, 3.63) is 81.4 Å². The van der Waals surface area contributed by atoms with E-state index in [2.05, 4.69) is 11.2 Å². The molecule has 0 saturated heterocycles. The number of thiophene rings is 1. The predicted octanol–water partition coefficient (Wildman–Crippen LogP) is 4.80. The average molecular weight is 414 g/mol. The molecule has 3 heterocycles. The summed E-state index contributed by atoms with van der Waals surface area (Å²) >= 11 is 7.69. The molecule has 2 aromatic heterocycles. The van der Waals surface area contributed by atoms with Crippen molar-refractivity contribution in [3.63, 3.8) is 0 Å². The van der Waals surface area contributed by atoms with Crippen LogP contribution in [0.2, 0.25) is 5.02 Å². The molecule has 0 spiro atoms. The van der Waals surface area contributed by atoms with Gasteiger partial charge in [0.05, 0.1) is 18.5 Å². The molecule has 144 valence electrons. The number of hydrogen-bond acceptors (Lipinski definition) is 5. The van der Waals surface area contributed by atoms with E-state index in [1.54, 1.807) is 22.6 Å². The Morgan fingerprint density at radius 1 is 1.29 bits per heavy atom.